The topological polar surface area (TPSA) is 12.4 Å². The lowest BCUT2D eigenvalue weighted by Crippen LogP contribution is -1.88. The Bertz CT molecular complexity index is 927. The van der Waals surface area contributed by atoms with Crippen molar-refractivity contribution in [2.24, 2.45) is 4.99 Å². The van der Waals surface area contributed by atoms with Crippen LogP contribution in [0.15, 0.2) is 53.0 Å². The zero-order valence-corrected chi connectivity index (χ0v) is 13.9. The molecule has 0 bridgehead atoms. The van der Waals surface area contributed by atoms with Crippen LogP contribution in [0.4, 0.5) is 0 Å². The summed E-state index contributed by atoms with van der Waals surface area (Å²) in [4.78, 5) is 4.64. The van der Waals surface area contributed by atoms with Gasteiger partial charge in [-0.2, -0.15) is 0 Å². The highest BCUT2D eigenvalue weighted by Crippen LogP contribution is 2.40. The average molecular weight is 305 g/mol. The van der Waals surface area contributed by atoms with E-state index < -0.39 is 0 Å². The third kappa shape index (κ3) is 2.10. The molecule has 1 aliphatic rings. The summed E-state index contributed by atoms with van der Waals surface area (Å²) in [6.45, 7) is 6.62. The van der Waals surface area contributed by atoms with Crippen LogP contribution in [-0.4, -0.2) is 6.21 Å². The van der Waals surface area contributed by atoms with E-state index in [4.69, 9.17) is 0 Å². The van der Waals surface area contributed by atoms with Gasteiger partial charge in [-0.15, -0.1) is 11.3 Å². The van der Waals surface area contributed by atoms with E-state index in [0.717, 1.165) is 0 Å². The number of fused-ring (bicyclic) bond motifs is 3. The van der Waals surface area contributed by atoms with Crippen molar-refractivity contribution in [3.8, 4) is 0 Å². The SMILES string of the molecule is CC1=CC(c2cccc3c2sc2ccc(C(C)C)cc23)N=C1. The van der Waals surface area contributed by atoms with E-state index in [9.17, 15) is 0 Å². The quantitative estimate of drug-likeness (QED) is 0.530. The molecule has 22 heavy (non-hydrogen) atoms. The van der Waals surface area contributed by atoms with Crippen molar-refractivity contribution in [2.45, 2.75) is 32.7 Å². The summed E-state index contributed by atoms with van der Waals surface area (Å²) in [6, 6.07) is 13.7. The first-order chi connectivity index (χ1) is 10.6. The van der Waals surface area contributed by atoms with Crippen LogP contribution in [0.25, 0.3) is 20.2 Å². The number of hydrogen-bond acceptors (Lipinski definition) is 2. The standard InChI is InChI=1S/C20H19NS/c1-12(2)14-7-8-19-17(10-14)15-5-4-6-16(20(15)22-19)18-9-13(3)11-21-18/h4-12,18H,1-3H3. The zero-order chi connectivity index (χ0) is 15.3. The molecule has 2 heterocycles. The predicted molar refractivity (Wildman–Crippen MR) is 98.4 cm³/mol. The molecule has 1 aromatic heterocycles. The second kappa shape index (κ2) is 5.06. The van der Waals surface area contributed by atoms with E-state index in [1.807, 2.05) is 17.6 Å². The Morgan fingerprint density at radius 2 is 1.95 bits per heavy atom. The van der Waals surface area contributed by atoms with Crippen molar-refractivity contribution in [3.63, 3.8) is 0 Å². The molecule has 0 spiro atoms. The largest absolute Gasteiger partial charge is 0.281 e. The van der Waals surface area contributed by atoms with Crippen LogP contribution in [0.5, 0.6) is 0 Å². The highest BCUT2D eigenvalue weighted by atomic mass is 32.1. The van der Waals surface area contributed by atoms with Crippen molar-refractivity contribution in [2.75, 3.05) is 0 Å². The van der Waals surface area contributed by atoms with Gasteiger partial charge in [0.05, 0.1) is 6.04 Å². The second-order valence-electron chi connectivity index (χ2n) is 6.37. The van der Waals surface area contributed by atoms with Crippen LogP contribution in [0.2, 0.25) is 0 Å². The Balaban J connectivity index is 1.98. The Hall–Kier alpha value is -1.93. The molecule has 2 heteroatoms. The van der Waals surface area contributed by atoms with Crippen LogP contribution in [-0.2, 0) is 0 Å². The van der Waals surface area contributed by atoms with E-state index in [2.05, 4.69) is 68.2 Å². The molecular formula is C20H19NS. The monoisotopic (exact) mass is 305 g/mol. The van der Waals surface area contributed by atoms with E-state index >= 15 is 0 Å². The fourth-order valence-electron chi connectivity index (χ4n) is 3.13. The minimum atomic E-state index is 0.182. The summed E-state index contributed by atoms with van der Waals surface area (Å²) in [7, 11) is 0. The highest BCUT2D eigenvalue weighted by molar-refractivity contribution is 7.26. The maximum Gasteiger partial charge on any atom is 0.0950 e. The van der Waals surface area contributed by atoms with Gasteiger partial charge in [0.2, 0.25) is 0 Å². The first kappa shape index (κ1) is 13.7. The fourth-order valence-corrected chi connectivity index (χ4v) is 4.36. The number of allylic oxidation sites excluding steroid dienone is 1. The molecule has 0 aliphatic carbocycles. The normalized spacial score (nSPS) is 17.8. The van der Waals surface area contributed by atoms with Crippen LogP contribution in [0.1, 0.15) is 43.9 Å². The van der Waals surface area contributed by atoms with Gasteiger partial charge >= 0.3 is 0 Å². The molecule has 0 amide bonds. The van der Waals surface area contributed by atoms with Crippen molar-refractivity contribution in [3.05, 3.63) is 59.2 Å². The molecule has 0 N–H and O–H groups in total. The molecule has 110 valence electrons. The lowest BCUT2D eigenvalue weighted by Gasteiger charge is -2.07. The number of benzene rings is 2. The van der Waals surface area contributed by atoms with Crippen molar-refractivity contribution >= 4 is 37.7 Å². The third-order valence-electron chi connectivity index (χ3n) is 4.40. The highest BCUT2D eigenvalue weighted by Gasteiger charge is 2.17. The third-order valence-corrected chi connectivity index (χ3v) is 5.63. The molecule has 0 radical (unpaired) electrons. The Morgan fingerprint density at radius 1 is 1.09 bits per heavy atom. The molecular weight excluding hydrogens is 286 g/mol. The van der Waals surface area contributed by atoms with E-state index in [1.54, 1.807) is 0 Å². The molecule has 0 fully saturated rings. The average Bonchev–Trinajstić information content (AvgIpc) is 3.09. The van der Waals surface area contributed by atoms with Gasteiger partial charge in [0.15, 0.2) is 0 Å². The summed E-state index contributed by atoms with van der Waals surface area (Å²) in [5, 5.41) is 2.75. The smallest absolute Gasteiger partial charge is 0.0950 e. The Morgan fingerprint density at radius 3 is 2.68 bits per heavy atom. The molecule has 1 nitrogen and oxygen atoms in total. The van der Waals surface area contributed by atoms with Gasteiger partial charge in [-0.05, 0) is 41.7 Å². The van der Waals surface area contributed by atoms with Gasteiger partial charge < -0.3 is 0 Å². The maximum absolute atomic E-state index is 4.64. The number of thiophene rings is 1. The molecule has 1 atom stereocenters. The number of hydrogen-bond donors (Lipinski definition) is 0. The fraction of sp³-hybridized carbons (Fsp3) is 0.250. The summed E-state index contributed by atoms with van der Waals surface area (Å²) in [5.74, 6) is 0.563. The van der Waals surface area contributed by atoms with Crippen molar-refractivity contribution < 1.29 is 0 Å². The lowest BCUT2D eigenvalue weighted by atomic mass is 9.99. The molecule has 2 aromatic carbocycles. The molecule has 4 rings (SSSR count). The Kier molecular flexibility index (Phi) is 3.16. The van der Waals surface area contributed by atoms with Crippen molar-refractivity contribution in [1.29, 1.82) is 0 Å². The molecule has 3 aromatic rings. The van der Waals surface area contributed by atoms with Gasteiger partial charge in [-0.25, -0.2) is 0 Å². The van der Waals surface area contributed by atoms with Crippen LogP contribution >= 0.6 is 11.3 Å². The molecule has 0 saturated carbocycles. The molecule has 1 aliphatic heterocycles. The van der Waals surface area contributed by atoms with Crippen LogP contribution < -0.4 is 0 Å². The van der Waals surface area contributed by atoms with Gasteiger partial charge in [0.25, 0.3) is 0 Å². The Labute approximate surface area is 135 Å². The van der Waals surface area contributed by atoms with E-state index in [1.165, 1.54) is 36.9 Å². The van der Waals surface area contributed by atoms with E-state index in [0.29, 0.717) is 5.92 Å². The molecule has 1 unspecified atom stereocenters. The maximum atomic E-state index is 4.64. The van der Waals surface area contributed by atoms with Crippen molar-refractivity contribution in [1.82, 2.24) is 0 Å². The summed E-state index contributed by atoms with van der Waals surface area (Å²) in [5.41, 5.74) is 4.00. The van der Waals surface area contributed by atoms with Gasteiger partial charge in [-0.1, -0.05) is 44.2 Å². The summed E-state index contributed by atoms with van der Waals surface area (Å²) >= 11 is 1.89. The van der Waals surface area contributed by atoms with E-state index in [-0.39, 0.29) is 6.04 Å². The van der Waals surface area contributed by atoms with Gasteiger partial charge in [0.1, 0.15) is 0 Å². The molecule has 0 saturated heterocycles. The first-order valence-corrected chi connectivity index (χ1v) is 8.62. The summed E-state index contributed by atoms with van der Waals surface area (Å²) < 4.78 is 2.75. The van der Waals surface area contributed by atoms with Crippen LogP contribution in [0.3, 0.4) is 0 Å². The minimum absolute atomic E-state index is 0.182. The lowest BCUT2D eigenvalue weighted by molar-refractivity contribution is 0.869. The first-order valence-electron chi connectivity index (χ1n) is 7.80. The predicted octanol–water partition coefficient (Wildman–Crippen LogP) is 6.25. The zero-order valence-electron chi connectivity index (χ0n) is 13.1. The van der Waals surface area contributed by atoms with Gasteiger partial charge in [-0.3, -0.25) is 4.99 Å². The van der Waals surface area contributed by atoms with Crippen LogP contribution in [0, 0.1) is 0 Å². The minimum Gasteiger partial charge on any atom is -0.281 e. The summed E-state index contributed by atoms with van der Waals surface area (Å²) in [6.07, 6.45) is 4.23. The second-order valence-corrected chi connectivity index (χ2v) is 7.42. The van der Waals surface area contributed by atoms with Gasteiger partial charge in [0, 0.05) is 26.4 Å². The number of aliphatic imine (C=N–C) groups is 1. The number of rotatable bonds is 2. The number of nitrogens with zero attached hydrogens (tertiary/aromatic N) is 1.